The first-order chi connectivity index (χ1) is 8.94. The number of ether oxygens (including phenoxy) is 1. The Hall–Kier alpha value is -2.02. The summed E-state index contributed by atoms with van der Waals surface area (Å²) in [7, 11) is 0. The molecule has 0 amide bonds. The summed E-state index contributed by atoms with van der Waals surface area (Å²) in [5.41, 5.74) is 6.71. The number of hydrogen-bond donors (Lipinski definition) is 2. The van der Waals surface area contributed by atoms with Gasteiger partial charge < -0.3 is 15.5 Å². The monoisotopic (exact) mass is 271 g/mol. The molecule has 0 saturated heterocycles. The lowest BCUT2D eigenvalue weighted by Gasteiger charge is -2.11. The lowest BCUT2D eigenvalue weighted by Crippen LogP contribution is -2.17. The minimum atomic E-state index is -4.67. The Morgan fingerprint density at radius 3 is 2.47 bits per heavy atom. The van der Waals surface area contributed by atoms with Crippen molar-refractivity contribution >= 4 is 0 Å². The van der Waals surface area contributed by atoms with Crippen LogP contribution >= 0.6 is 0 Å². The fourth-order valence-electron chi connectivity index (χ4n) is 1.66. The molecule has 0 bridgehead atoms. The number of benzene rings is 1. The predicted octanol–water partition coefficient (Wildman–Crippen LogP) is 2.55. The molecule has 1 unspecified atom stereocenters. The maximum absolute atomic E-state index is 12.0. The molecule has 1 heterocycles. The van der Waals surface area contributed by atoms with Crippen LogP contribution in [0.1, 0.15) is 17.4 Å². The van der Waals surface area contributed by atoms with Gasteiger partial charge in [-0.05, 0) is 24.1 Å². The Morgan fingerprint density at radius 1 is 1.26 bits per heavy atom. The minimum Gasteiger partial charge on any atom is -0.406 e. The number of hydrogen-bond acceptors (Lipinski definition) is 3. The van der Waals surface area contributed by atoms with Gasteiger partial charge in [-0.2, -0.15) is 0 Å². The van der Waals surface area contributed by atoms with E-state index >= 15 is 0 Å². The molecule has 102 valence electrons. The van der Waals surface area contributed by atoms with Crippen molar-refractivity contribution in [2.45, 2.75) is 18.8 Å². The third kappa shape index (κ3) is 3.99. The number of nitrogens with two attached hydrogens (primary N) is 1. The van der Waals surface area contributed by atoms with E-state index in [1.165, 1.54) is 12.1 Å². The van der Waals surface area contributed by atoms with Crippen LogP contribution in [0.25, 0.3) is 0 Å². The molecular weight excluding hydrogens is 259 g/mol. The summed E-state index contributed by atoms with van der Waals surface area (Å²) < 4.78 is 39.7. The summed E-state index contributed by atoms with van der Waals surface area (Å²) in [6.45, 7) is 0. The number of imidazole rings is 1. The number of nitrogens with zero attached hydrogens (tertiary/aromatic N) is 1. The van der Waals surface area contributed by atoms with E-state index in [0.717, 1.165) is 5.56 Å². The van der Waals surface area contributed by atoms with Crippen molar-refractivity contribution in [2.75, 3.05) is 0 Å². The molecule has 0 aliphatic heterocycles. The van der Waals surface area contributed by atoms with E-state index in [9.17, 15) is 13.2 Å². The molecule has 4 nitrogen and oxygen atoms in total. The number of aromatic amines is 1. The lowest BCUT2D eigenvalue weighted by atomic mass is 10.1. The predicted molar refractivity (Wildman–Crippen MR) is 62.3 cm³/mol. The normalized spacial score (nSPS) is 13.3. The average molecular weight is 271 g/mol. The molecule has 7 heteroatoms. The third-order valence-electron chi connectivity index (χ3n) is 2.48. The van der Waals surface area contributed by atoms with Gasteiger partial charge in [-0.25, -0.2) is 4.98 Å². The van der Waals surface area contributed by atoms with E-state index in [0.29, 0.717) is 12.2 Å². The molecule has 3 N–H and O–H groups in total. The van der Waals surface area contributed by atoms with E-state index in [2.05, 4.69) is 14.7 Å². The van der Waals surface area contributed by atoms with E-state index in [1.807, 2.05) is 0 Å². The van der Waals surface area contributed by atoms with Crippen molar-refractivity contribution in [3.8, 4) is 5.75 Å². The van der Waals surface area contributed by atoms with Gasteiger partial charge >= 0.3 is 6.36 Å². The van der Waals surface area contributed by atoms with Crippen LogP contribution in [0.3, 0.4) is 0 Å². The van der Waals surface area contributed by atoms with Gasteiger partial charge in [0, 0.05) is 12.4 Å². The summed E-state index contributed by atoms with van der Waals surface area (Å²) in [4.78, 5) is 6.91. The first-order valence-electron chi connectivity index (χ1n) is 5.53. The zero-order chi connectivity index (χ0) is 13.9. The molecule has 2 aromatic rings. The van der Waals surface area contributed by atoms with Crippen molar-refractivity contribution in [2.24, 2.45) is 5.73 Å². The van der Waals surface area contributed by atoms with E-state index < -0.39 is 6.36 Å². The van der Waals surface area contributed by atoms with Crippen LogP contribution in [0, 0.1) is 0 Å². The molecule has 1 aromatic heterocycles. The SMILES string of the molecule is NC(Cc1ccc(OC(F)(F)F)cc1)c1ncc[nH]1. The van der Waals surface area contributed by atoms with Crippen molar-refractivity contribution in [3.63, 3.8) is 0 Å². The van der Waals surface area contributed by atoms with Crippen LogP contribution in [0.5, 0.6) is 5.75 Å². The van der Waals surface area contributed by atoms with Crippen LogP contribution in [0.2, 0.25) is 0 Å². The van der Waals surface area contributed by atoms with Gasteiger partial charge in [-0.3, -0.25) is 0 Å². The van der Waals surface area contributed by atoms with Crippen LogP contribution < -0.4 is 10.5 Å². The van der Waals surface area contributed by atoms with Crippen molar-refractivity contribution in [3.05, 3.63) is 48.0 Å². The standard InChI is InChI=1S/C12H12F3N3O/c13-12(14,15)19-9-3-1-8(2-4-9)7-10(16)11-17-5-6-18-11/h1-6,10H,7,16H2,(H,17,18). The highest BCUT2D eigenvalue weighted by Gasteiger charge is 2.30. The highest BCUT2D eigenvalue weighted by atomic mass is 19.4. The molecule has 0 aliphatic rings. The Bertz CT molecular complexity index is 508. The van der Waals surface area contributed by atoms with Crippen molar-refractivity contribution < 1.29 is 17.9 Å². The first kappa shape index (κ1) is 13.4. The van der Waals surface area contributed by atoms with Crippen molar-refractivity contribution in [1.82, 2.24) is 9.97 Å². The van der Waals surface area contributed by atoms with Gasteiger partial charge in [-0.1, -0.05) is 12.1 Å². The molecule has 0 radical (unpaired) electrons. The Kier molecular flexibility index (Phi) is 3.75. The number of H-pyrrole nitrogens is 1. The van der Waals surface area contributed by atoms with E-state index in [1.54, 1.807) is 24.5 Å². The summed E-state index contributed by atoms with van der Waals surface area (Å²) in [5.74, 6) is 0.387. The number of alkyl halides is 3. The number of aromatic nitrogens is 2. The van der Waals surface area contributed by atoms with Gasteiger partial charge in [0.15, 0.2) is 0 Å². The maximum Gasteiger partial charge on any atom is 0.573 e. The van der Waals surface area contributed by atoms with E-state index in [4.69, 9.17) is 5.73 Å². The topological polar surface area (TPSA) is 63.9 Å². The second kappa shape index (κ2) is 5.31. The molecule has 0 fully saturated rings. The van der Waals surface area contributed by atoms with Crippen LogP contribution in [-0.4, -0.2) is 16.3 Å². The summed E-state index contributed by atoms with van der Waals surface area (Å²) >= 11 is 0. The molecule has 2 rings (SSSR count). The van der Waals surface area contributed by atoms with Gasteiger partial charge in [0.25, 0.3) is 0 Å². The zero-order valence-corrected chi connectivity index (χ0v) is 9.82. The molecule has 0 aliphatic carbocycles. The minimum absolute atomic E-state index is 0.247. The second-order valence-electron chi connectivity index (χ2n) is 3.98. The van der Waals surface area contributed by atoms with E-state index in [-0.39, 0.29) is 11.8 Å². The molecule has 0 spiro atoms. The average Bonchev–Trinajstić information content (AvgIpc) is 2.83. The Morgan fingerprint density at radius 2 is 1.95 bits per heavy atom. The highest BCUT2D eigenvalue weighted by Crippen LogP contribution is 2.23. The van der Waals surface area contributed by atoms with Crippen LogP contribution in [-0.2, 0) is 6.42 Å². The molecule has 19 heavy (non-hydrogen) atoms. The first-order valence-corrected chi connectivity index (χ1v) is 5.53. The second-order valence-corrected chi connectivity index (χ2v) is 3.98. The fraction of sp³-hybridized carbons (Fsp3) is 0.250. The number of nitrogens with one attached hydrogen (secondary N) is 1. The van der Waals surface area contributed by atoms with Crippen molar-refractivity contribution in [1.29, 1.82) is 0 Å². The third-order valence-corrected chi connectivity index (χ3v) is 2.48. The smallest absolute Gasteiger partial charge is 0.406 e. The lowest BCUT2D eigenvalue weighted by molar-refractivity contribution is -0.274. The highest BCUT2D eigenvalue weighted by molar-refractivity contribution is 5.28. The zero-order valence-electron chi connectivity index (χ0n) is 9.82. The van der Waals surface area contributed by atoms with Gasteiger partial charge in [0.2, 0.25) is 0 Å². The Labute approximate surface area is 107 Å². The molecular formula is C12H12F3N3O. The Balaban J connectivity index is 1.99. The summed E-state index contributed by atoms with van der Waals surface area (Å²) in [5, 5.41) is 0. The number of rotatable bonds is 4. The number of halogens is 3. The summed E-state index contributed by atoms with van der Waals surface area (Å²) in [6, 6.07) is 5.28. The largest absolute Gasteiger partial charge is 0.573 e. The van der Waals surface area contributed by atoms with Gasteiger partial charge in [0.05, 0.1) is 6.04 Å². The fourth-order valence-corrected chi connectivity index (χ4v) is 1.66. The van der Waals surface area contributed by atoms with Gasteiger partial charge in [0.1, 0.15) is 11.6 Å². The maximum atomic E-state index is 12.0. The van der Waals surface area contributed by atoms with Gasteiger partial charge in [-0.15, -0.1) is 13.2 Å². The quantitative estimate of drug-likeness (QED) is 0.898. The van der Waals surface area contributed by atoms with Crippen LogP contribution in [0.15, 0.2) is 36.7 Å². The molecule has 0 saturated carbocycles. The van der Waals surface area contributed by atoms with Crippen LogP contribution in [0.4, 0.5) is 13.2 Å². The summed E-state index contributed by atoms with van der Waals surface area (Å²) in [6.07, 6.45) is -0.948. The molecule has 1 atom stereocenters. The molecule has 1 aromatic carbocycles.